The number of nitrogens with one attached hydrogen (secondary N) is 2. The van der Waals surface area contributed by atoms with Gasteiger partial charge in [0.2, 0.25) is 11.8 Å². The fourth-order valence-corrected chi connectivity index (χ4v) is 2.53. The van der Waals surface area contributed by atoms with Crippen molar-refractivity contribution in [3.63, 3.8) is 0 Å². The highest BCUT2D eigenvalue weighted by atomic mass is 35.5. The standard InChI is InChI=1S/C15H21N3O2.ClH/c16-13-8-4-5-11(13)9-14(19)17-10-15(20)18-12-6-2-1-3-7-12;/h1-3,6-7,11,13H,4-5,8-10,16H2,(H,17,19)(H,18,20);1H/t11-,13+;/m0./s1. The van der Waals surface area contributed by atoms with E-state index >= 15 is 0 Å². The van der Waals surface area contributed by atoms with Crippen molar-refractivity contribution in [2.75, 3.05) is 11.9 Å². The lowest BCUT2D eigenvalue weighted by Crippen LogP contribution is -2.36. The summed E-state index contributed by atoms with van der Waals surface area (Å²) in [4.78, 5) is 23.4. The Hall–Kier alpha value is -1.59. The second-order valence-corrected chi connectivity index (χ2v) is 5.25. The molecular formula is C15H22ClN3O2. The van der Waals surface area contributed by atoms with E-state index in [9.17, 15) is 9.59 Å². The van der Waals surface area contributed by atoms with E-state index in [-0.39, 0.29) is 42.7 Å². The first kappa shape index (κ1) is 17.5. The summed E-state index contributed by atoms with van der Waals surface area (Å²) in [5.41, 5.74) is 6.65. The van der Waals surface area contributed by atoms with Crippen LogP contribution in [0, 0.1) is 5.92 Å². The topological polar surface area (TPSA) is 84.2 Å². The van der Waals surface area contributed by atoms with Gasteiger partial charge in [0.05, 0.1) is 6.54 Å². The molecule has 1 aliphatic rings. The van der Waals surface area contributed by atoms with Gasteiger partial charge in [-0.25, -0.2) is 0 Å². The van der Waals surface area contributed by atoms with E-state index in [4.69, 9.17) is 5.73 Å². The molecule has 21 heavy (non-hydrogen) atoms. The zero-order valence-corrected chi connectivity index (χ0v) is 12.7. The van der Waals surface area contributed by atoms with E-state index in [0.717, 1.165) is 24.9 Å². The van der Waals surface area contributed by atoms with E-state index in [1.54, 1.807) is 12.1 Å². The Morgan fingerprint density at radius 2 is 1.86 bits per heavy atom. The van der Waals surface area contributed by atoms with Crippen LogP contribution in [-0.2, 0) is 9.59 Å². The van der Waals surface area contributed by atoms with Crippen molar-refractivity contribution < 1.29 is 9.59 Å². The number of hydrogen-bond donors (Lipinski definition) is 3. The molecule has 0 heterocycles. The van der Waals surface area contributed by atoms with Crippen molar-refractivity contribution in [3.05, 3.63) is 30.3 Å². The van der Waals surface area contributed by atoms with Gasteiger partial charge >= 0.3 is 0 Å². The highest BCUT2D eigenvalue weighted by Crippen LogP contribution is 2.26. The molecule has 2 amide bonds. The lowest BCUT2D eigenvalue weighted by molar-refractivity contribution is -0.124. The molecule has 1 saturated carbocycles. The average Bonchev–Trinajstić information content (AvgIpc) is 2.83. The van der Waals surface area contributed by atoms with E-state index in [1.807, 2.05) is 18.2 Å². The Kier molecular flexibility index (Phi) is 7.19. The van der Waals surface area contributed by atoms with Crippen LogP contribution in [0.25, 0.3) is 0 Å². The van der Waals surface area contributed by atoms with E-state index in [1.165, 1.54) is 0 Å². The number of amides is 2. The predicted molar refractivity (Wildman–Crippen MR) is 85.3 cm³/mol. The quantitative estimate of drug-likeness (QED) is 0.773. The van der Waals surface area contributed by atoms with Crippen LogP contribution in [0.1, 0.15) is 25.7 Å². The van der Waals surface area contributed by atoms with Gasteiger partial charge in [0, 0.05) is 18.2 Å². The summed E-state index contributed by atoms with van der Waals surface area (Å²) < 4.78 is 0. The third kappa shape index (κ3) is 5.73. The summed E-state index contributed by atoms with van der Waals surface area (Å²) >= 11 is 0. The minimum absolute atomic E-state index is 0. The number of halogens is 1. The third-order valence-corrected chi connectivity index (χ3v) is 3.67. The average molecular weight is 312 g/mol. The smallest absolute Gasteiger partial charge is 0.243 e. The Bertz CT molecular complexity index is 467. The zero-order chi connectivity index (χ0) is 14.4. The fourth-order valence-electron chi connectivity index (χ4n) is 2.53. The molecule has 1 fully saturated rings. The molecule has 116 valence electrons. The summed E-state index contributed by atoms with van der Waals surface area (Å²) in [7, 11) is 0. The molecule has 1 aromatic rings. The van der Waals surface area contributed by atoms with Crippen LogP contribution in [0.15, 0.2) is 30.3 Å². The maximum atomic E-state index is 11.8. The molecule has 0 bridgehead atoms. The summed E-state index contributed by atoms with van der Waals surface area (Å²) in [6.45, 7) is -0.00428. The summed E-state index contributed by atoms with van der Waals surface area (Å²) in [6.07, 6.45) is 3.50. The van der Waals surface area contributed by atoms with Gasteiger partial charge in [-0.2, -0.15) is 0 Å². The van der Waals surface area contributed by atoms with Gasteiger partial charge in [-0.15, -0.1) is 12.4 Å². The summed E-state index contributed by atoms with van der Waals surface area (Å²) in [5.74, 6) is -0.0667. The van der Waals surface area contributed by atoms with Gasteiger partial charge in [0.25, 0.3) is 0 Å². The number of carbonyl (C=O) groups excluding carboxylic acids is 2. The number of anilines is 1. The second-order valence-electron chi connectivity index (χ2n) is 5.25. The van der Waals surface area contributed by atoms with E-state index in [2.05, 4.69) is 10.6 Å². The van der Waals surface area contributed by atoms with Crippen LogP contribution in [0.4, 0.5) is 5.69 Å². The van der Waals surface area contributed by atoms with Gasteiger partial charge in [-0.1, -0.05) is 24.6 Å². The molecular weight excluding hydrogens is 290 g/mol. The molecule has 0 radical (unpaired) electrons. The van der Waals surface area contributed by atoms with Crippen molar-refractivity contribution in [2.45, 2.75) is 31.7 Å². The van der Waals surface area contributed by atoms with Gasteiger partial charge in [0.15, 0.2) is 0 Å². The molecule has 1 aliphatic carbocycles. The molecule has 1 aromatic carbocycles. The fraction of sp³-hybridized carbons (Fsp3) is 0.467. The molecule has 2 rings (SSSR count). The SMILES string of the molecule is Cl.N[C@@H]1CCC[C@H]1CC(=O)NCC(=O)Nc1ccccc1. The summed E-state index contributed by atoms with van der Waals surface area (Å²) in [6, 6.07) is 9.29. The van der Waals surface area contributed by atoms with Crippen molar-refractivity contribution in [1.29, 1.82) is 0 Å². The number of benzene rings is 1. The van der Waals surface area contributed by atoms with E-state index in [0.29, 0.717) is 6.42 Å². The minimum atomic E-state index is -0.222. The molecule has 4 N–H and O–H groups in total. The van der Waals surface area contributed by atoms with Crippen molar-refractivity contribution >= 4 is 29.9 Å². The Labute approximate surface area is 131 Å². The molecule has 0 unspecified atom stereocenters. The Morgan fingerprint density at radius 3 is 2.48 bits per heavy atom. The molecule has 0 spiro atoms. The zero-order valence-electron chi connectivity index (χ0n) is 11.9. The summed E-state index contributed by atoms with van der Waals surface area (Å²) in [5, 5.41) is 5.36. The monoisotopic (exact) mass is 311 g/mol. The van der Waals surface area contributed by atoms with Gasteiger partial charge in [0.1, 0.15) is 0 Å². The minimum Gasteiger partial charge on any atom is -0.347 e. The highest BCUT2D eigenvalue weighted by molar-refractivity contribution is 5.94. The first-order valence-corrected chi connectivity index (χ1v) is 7.02. The van der Waals surface area contributed by atoms with Crippen LogP contribution in [0.3, 0.4) is 0 Å². The van der Waals surface area contributed by atoms with Crippen molar-refractivity contribution in [2.24, 2.45) is 11.7 Å². The predicted octanol–water partition coefficient (Wildman–Crippen LogP) is 1.68. The van der Waals surface area contributed by atoms with Crippen LogP contribution in [0.5, 0.6) is 0 Å². The number of carbonyl (C=O) groups is 2. The van der Waals surface area contributed by atoms with Crippen LogP contribution in [0.2, 0.25) is 0 Å². The van der Waals surface area contributed by atoms with Crippen LogP contribution >= 0.6 is 12.4 Å². The number of nitrogens with two attached hydrogens (primary N) is 1. The van der Waals surface area contributed by atoms with Gasteiger partial charge < -0.3 is 16.4 Å². The van der Waals surface area contributed by atoms with Gasteiger partial charge in [-0.3, -0.25) is 9.59 Å². The maximum absolute atomic E-state index is 11.8. The van der Waals surface area contributed by atoms with Crippen LogP contribution < -0.4 is 16.4 Å². The van der Waals surface area contributed by atoms with Gasteiger partial charge in [-0.05, 0) is 30.9 Å². The highest BCUT2D eigenvalue weighted by Gasteiger charge is 2.25. The first-order valence-electron chi connectivity index (χ1n) is 7.02. The lowest BCUT2D eigenvalue weighted by atomic mass is 10.00. The second kappa shape index (κ2) is 8.64. The largest absolute Gasteiger partial charge is 0.347 e. The molecule has 6 heteroatoms. The normalized spacial score (nSPS) is 20.4. The lowest BCUT2D eigenvalue weighted by Gasteiger charge is -2.14. The van der Waals surface area contributed by atoms with Crippen molar-refractivity contribution in [3.8, 4) is 0 Å². The molecule has 5 nitrogen and oxygen atoms in total. The maximum Gasteiger partial charge on any atom is 0.243 e. The van der Waals surface area contributed by atoms with E-state index < -0.39 is 0 Å². The third-order valence-electron chi connectivity index (χ3n) is 3.67. The molecule has 0 aromatic heterocycles. The molecule has 0 aliphatic heterocycles. The Balaban J connectivity index is 0.00000220. The molecule has 0 saturated heterocycles. The molecule has 2 atom stereocenters. The first-order chi connectivity index (χ1) is 9.65. The number of hydrogen-bond acceptors (Lipinski definition) is 3. The number of para-hydroxylation sites is 1. The van der Waals surface area contributed by atoms with Crippen LogP contribution in [-0.4, -0.2) is 24.4 Å². The number of rotatable bonds is 5. The Morgan fingerprint density at radius 1 is 1.14 bits per heavy atom. The van der Waals surface area contributed by atoms with Crippen molar-refractivity contribution in [1.82, 2.24) is 5.32 Å².